The molecular formula is C8H12N4O. The maximum Gasteiger partial charge on any atom is 0.252 e. The fraction of sp³-hybridized carbons (Fsp3) is 0.250. The number of nitrogens with one attached hydrogen (secondary N) is 1. The monoisotopic (exact) mass is 180 g/mol. The van der Waals surface area contributed by atoms with E-state index in [0.717, 1.165) is 0 Å². The second kappa shape index (κ2) is 3.75. The Hall–Kier alpha value is -1.78. The van der Waals surface area contributed by atoms with Crippen LogP contribution in [0.15, 0.2) is 12.3 Å². The normalized spacial score (nSPS) is 9.62. The van der Waals surface area contributed by atoms with Crippen molar-refractivity contribution in [1.29, 1.82) is 0 Å². The van der Waals surface area contributed by atoms with E-state index in [2.05, 4.69) is 10.3 Å². The molecule has 0 bridgehead atoms. The molecule has 1 amide bonds. The van der Waals surface area contributed by atoms with Crippen LogP contribution < -0.4 is 16.8 Å². The van der Waals surface area contributed by atoms with Gasteiger partial charge in [0.15, 0.2) is 0 Å². The Balaban J connectivity index is 3.10. The maximum absolute atomic E-state index is 10.9. The van der Waals surface area contributed by atoms with Crippen LogP contribution in [-0.2, 0) is 0 Å². The van der Waals surface area contributed by atoms with Crippen molar-refractivity contribution < 1.29 is 4.79 Å². The molecule has 5 heteroatoms. The molecule has 0 atom stereocenters. The zero-order valence-electron chi connectivity index (χ0n) is 7.37. The van der Waals surface area contributed by atoms with Crippen LogP contribution in [-0.4, -0.2) is 17.4 Å². The average molecular weight is 180 g/mol. The fourth-order valence-corrected chi connectivity index (χ4v) is 0.977. The lowest BCUT2D eigenvalue weighted by Crippen LogP contribution is -2.15. The summed E-state index contributed by atoms with van der Waals surface area (Å²) in [6.45, 7) is 2.58. The van der Waals surface area contributed by atoms with Crippen molar-refractivity contribution in [3.63, 3.8) is 0 Å². The van der Waals surface area contributed by atoms with Gasteiger partial charge in [0.05, 0.1) is 17.4 Å². The van der Waals surface area contributed by atoms with Crippen molar-refractivity contribution in [1.82, 2.24) is 4.98 Å². The summed E-state index contributed by atoms with van der Waals surface area (Å²) in [5.41, 5.74) is 11.4. The number of nitrogens with zero attached hydrogens (tertiary/aromatic N) is 1. The van der Waals surface area contributed by atoms with Crippen molar-refractivity contribution in [3.8, 4) is 0 Å². The molecule has 1 heterocycles. The third-order valence-corrected chi connectivity index (χ3v) is 1.52. The van der Waals surface area contributed by atoms with E-state index >= 15 is 0 Å². The summed E-state index contributed by atoms with van der Waals surface area (Å²) in [5, 5.41) is 2.92. The highest BCUT2D eigenvalue weighted by Gasteiger charge is 2.08. The molecule has 0 radical (unpaired) electrons. The standard InChI is InChI=1S/C8H12N4O/c1-2-11-8-6(7(10)13)3-5(9)4-12-8/h3-4H,2,9H2,1H3,(H2,10,13)(H,11,12). The Morgan fingerprint density at radius 3 is 2.92 bits per heavy atom. The minimum Gasteiger partial charge on any atom is -0.397 e. The molecule has 0 spiro atoms. The highest BCUT2D eigenvalue weighted by Crippen LogP contribution is 2.14. The molecule has 5 nitrogen and oxygen atoms in total. The van der Waals surface area contributed by atoms with Gasteiger partial charge in [-0.05, 0) is 13.0 Å². The predicted molar refractivity (Wildman–Crippen MR) is 51.3 cm³/mol. The number of nitrogens with two attached hydrogens (primary N) is 2. The molecule has 1 rings (SSSR count). The van der Waals surface area contributed by atoms with Gasteiger partial charge < -0.3 is 16.8 Å². The molecule has 0 saturated carbocycles. The van der Waals surface area contributed by atoms with E-state index in [4.69, 9.17) is 11.5 Å². The summed E-state index contributed by atoms with van der Waals surface area (Å²) < 4.78 is 0. The number of aromatic nitrogens is 1. The predicted octanol–water partition coefficient (Wildman–Crippen LogP) is 0.194. The van der Waals surface area contributed by atoms with E-state index in [0.29, 0.717) is 23.6 Å². The lowest BCUT2D eigenvalue weighted by atomic mass is 10.2. The first-order valence-corrected chi connectivity index (χ1v) is 3.94. The number of carbonyl (C=O) groups is 1. The molecule has 1 aromatic heterocycles. The summed E-state index contributed by atoms with van der Waals surface area (Å²) in [4.78, 5) is 14.9. The number of rotatable bonds is 3. The van der Waals surface area contributed by atoms with E-state index in [-0.39, 0.29) is 0 Å². The van der Waals surface area contributed by atoms with Crippen LogP contribution in [0.3, 0.4) is 0 Å². The van der Waals surface area contributed by atoms with E-state index in [1.54, 1.807) is 0 Å². The van der Waals surface area contributed by atoms with Gasteiger partial charge in [-0.2, -0.15) is 0 Å². The molecule has 0 aliphatic carbocycles. The second-order valence-electron chi connectivity index (χ2n) is 2.56. The fourth-order valence-electron chi connectivity index (χ4n) is 0.977. The van der Waals surface area contributed by atoms with Crippen molar-refractivity contribution in [2.75, 3.05) is 17.6 Å². The number of hydrogen-bond acceptors (Lipinski definition) is 4. The van der Waals surface area contributed by atoms with Crippen molar-refractivity contribution in [2.24, 2.45) is 5.73 Å². The lowest BCUT2D eigenvalue weighted by molar-refractivity contribution is 0.100. The zero-order chi connectivity index (χ0) is 9.84. The van der Waals surface area contributed by atoms with Gasteiger partial charge in [-0.25, -0.2) is 4.98 Å². The minimum absolute atomic E-state index is 0.321. The van der Waals surface area contributed by atoms with Gasteiger partial charge in [-0.3, -0.25) is 4.79 Å². The first-order valence-electron chi connectivity index (χ1n) is 3.94. The van der Waals surface area contributed by atoms with E-state index in [1.807, 2.05) is 6.92 Å². The van der Waals surface area contributed by atoms with Gasteiger partial charge in [-0.15, -0.1) is 0 Å². The molecule has 0 aliphatic heterocycles. The summed E-state index contributed by atoms with van der Waals surface area (Å²) in [7, 11) is 0. The summed E-state index contributed by atoms with van der Waals surface area (Å²) in [6, 6.07) is 1.51. The molecule has 5 N–H and O–H groups in total. The van der Waals surface area contributed by atoms with Crippen molar-refractivity contribution in [3.05, 3.63) is 17.8 Å². The lowest BCUT2D eigenvalue weighted by Gasteiger charge is -2.06. The van der Waals surface area contributed by atoms with E-state index in [1.165, 1.54) is 12.3 Å². The number of hydrogen-bond donors (Lipinski definition) is 3. The highest BCUT2D eigenvalue weighted by atomic mass is 16.1. The Bertz CT molecular complexity index is 324. The third-order valence-electron chi connectivity index (χ3n) is 1.52. The Labute approximate surface area is 76.1 Å². The first-order chi connectivity index (χ1) is 6.15. The molecule has 0 fully saturated rings. The topological polar surface area (TPSA) is 94.0 Å². The number of pyridine rings is 1. The summed E-state index contributed by atoms with van der Waals surface area (Å²) in [5.74, 6) is -0.0556. The largest absolute Gasteiger partial charge is 0.397 e. The molecule has 13 heavy (non-hydrogen) atoms. The van der Waals surface area contributed by atoms with Gasteiger partial charge in [-0.1, -0.05) is 0 Å². The van der Waals surface area contributed by atoms with Gasteiger partial charge in [0.1, 0.15) is 5.82 Å². The SMILES string of the molecule is CCNc1ncc(N)cc1C(N)=O. The van der Waals surface area contributed by atoms with Gasteiger partial charge in [0.25, 0.3) is 5.91 Å². The summed E-state index contributed by atoms with van der Waals surface area (Å²) >= 11 is 0. The van der Waals surface area contributed by atoms with Gasteiger partial charge in [0, 0.05) is 6.54 Å². The molecule has 1 aromatic rings. The van der Waals surface area contributed by atoms with Gasteiger partial charge >= 0.3 is 0 Å². The number of nitrogen functional groups attached to an aromatic ring is 1. The van der Waals surface area contributed by atoms with E-state index < -0.39 is 5.91 Å². The first kappa shape index (κ1) is 9.31. The number of carbonyl (C=O) groups excluding carboxylic acids is 1. The zero-order valence-corrected chi connectivity index (χ0v) is 7.37. The molecule has 0 aliphatic rings. The van der Waals surface area contributed by atoms with E-state index in [9.17, 15) is 4.79 Å². The smallest absolute Gasteiger partial charge is 0.252 e. The molecule has 0 saturated heterocycles. The third kappa shape index (κ3) is 2.08. The Kier molecular flexibility index (Phi) is 2.69. The highest BCUT2D eigenvalue weighted by molar-refractivity contribution is 5.98. The minimum atomic E-state index is -0.532. The molecule has 70 valence electrons. The second-order valence-corrected chi connectivity index (χ2v) is 2.56. The Morgan fingerprint density at radius 2 is 2.38 bits per heavy atom. The maximum atomic E-state index is 10.9. The Morgan fingerprint density at radius 1 is 1.69 bits per heavy atom. The van der Waals surface area contributed by atoms with Crippen molar-refractivity contribution in [2.45, 2.75) is 6.92 Å². The van der Waals surface area contributed by atoms with Crippen LogP contribution in [0.1, 0.15) is 17.3 Å². The van der Waals surface area contributed by atoms with Crippen LogP contribution >= 0.6 is 0 Å². The van der Waals surface area contributed by atoms with Crippen LogP contribution in [0.5, 0.6) is 0 Å². The molecule has 0 unspecified atom stereocenters. The van der Waals surface area contributed by atoms with Crippen LogP contribution in [0.4, 0.5) is 11.5 Å². The number of anilines is 2. The molecule has 0 aromatic carbocycles. The number of amides is 1. The van der Waals surface area contributed by atoms with Crippen LogP contribution in [0, 0.1) is 0 Å². The van der Waals surface area contributed by atoms with Gasteiger partial charge in [0.2, 0.25) is 0 Å². The molecular weight excluding hydrogens is 168 g/mol. The van der Waals surface area contributed by atoms with Crippen LogP contribution in [0.2, 0.25) is 0 Å². The average Bonchev–Trinajstić information content (AvgIpc) is 2.08. The number of primary amides is 1. The van der Waals surface area contributed by atoms with Crippen molar-refractivity contribution >= 4 is 17.4 Å². The summed E-state index contributed by atoms with van der Waals surface area (Å²) in [6.07, 6.45) is 1.48. The quantitative estimate of drug-likeness (QED) is 0.619. The van der Waals surface area contributed by atoms with Crippen LogP contribution in [0.25, 0.3) is 0 Å².